The Morgan fingerprint density at radius 2 is 1.76 bits per heavy atom. The number of nitrogens with zero attached hydrogens (tertiary/aromatic N) is 3. The van der Waals surface area contributed by atoms with Gasteiger partial charge in [0.25, 0.3) is 11.8 Å². The van der Waals surface area contributed by atoms with E-state index in [2.05, 4.69) is 4.98 Å². The van der Waals surface area contributed by atoms with E-state index in [-0.39, 0.29) is 17.9 Å². The predicted octanol–water partition coefficient (Wildman–Crippen LogP) is 3.14. The molecule has 2 amide bonds. The number of likely N-dealkylation sites (N-methyl/N-ethyl adjacent to an activating group) is 1. The van der Waals surface area contributed by atoms with Crippen molar-refractivity contribution < 1.29 is 14.3 Å². The molecule has 0 fully saturated rings. The molecule has 0 bridgehead atoms. The number of amides is 2. The summed E-state index contributed by atoms with van der Waals surface area (Å²) in [7, 11) is 1.57. The van der Waals surface area contributed by atoms with Crippen LogP contribution in [-0.4, -0.2) is 52.8 Å². The third-order valence-corrected chi connectivity index (χ3v) is 5.10. The van der Waals surface area contributed by atoms with Gasteiger partial charge in [-0.05, 0) is 51.0 Å². The summed E-state index contributed by atoms with van der Waals surface area (Å²) in [6, 6.07) is 11.0. The number of carbonyl (C=O) groups is 2. The molecule has 152 valence electrons. The predicted molar refractivity (Wildman–Crippen MR) is 112 cm³/mol. The monoisotopic (exact) mass is 393 g/mol. The molecule has 1 aromatic heterocycles. The van der Waals surface area contributed by atoms with Crippen LogP contribution in [0, 0.1) is 0 Å². The van der Waals surface area contributed by atoms with E-state index in [1.54, 1.807) is 19.5 Å². The molecule has 0 saturated carbocycles. The largest absolute Gasteiger partial charge is 0.496 e. The van der Waals surface area contributed by atoms with Crippen molar-refractivity contribution in [2.75, 3.05) is 20.2 Å². The van der Waals surface area contributed by atoms with Gasteiger partial charge in [-0.25, -0.2) is 0 Å². The Morgan fingerprint density at radius 3 is 2.38 bits per heavy atom. The number of hydrogen-bond acceptors (Lipinski definition) is 5. The summed E-state index contributed by atoms with van der Waals surface area (Å²) < 4.78 is 5.49. The van der Waals surface area contributed by atoms with Gasteiger partial charge in [0.15, 0.2) is 0 Å². The van der Waals surface area contributed by atoms with E-state index in [1.165, 1.54) is 4.90 Å². The molecule has 0 radical (unpaired) electrons. The molecule has 0 spiro atoms. The highest BCUT2D eigenvalue weighted by Crippen LogP contribution is 2.36. The average molecular weight is 393 g/mol. The Balaban J connectivity index is 2.06. The van der Waals surface area contributed by atoms with E-state index in [9.17, 15) is 9.59 Å². The number of ether oxygens (including phenoxy) is 1. The Hall–Kier alpha value is -3.15. The molecule has 3 rings (SSSR count). The van der Waals surface area contributed by atoms with Crippen molar-refractivity contribution in [3.8, 4) is 5.75 Å². The van der Waals surface area contributed by atoms with E-state index in [0.717, 1.165) is 12.0 Å². The van der Waals surface area contributed by atoms with Crippen molar-refractivity contribution in [2.24, 2.45) is 0 Å². The van der Waals surface area contributed by atoms with Gasteiger partial charge < -0.3 is 9.64 Å². The third kappa shape index (κ3) is 4.01. The van der Waals surface area contributed by atoms with Crippen LogP contribution in [0.2, 0.25) is 0 Å². The molecule has 0 saturated heterocycles. The van der Waals surface area contributed by atoms with Gasteiger partial charge in [0.2, 0.25) is 0 Å². The number of para-hydroxylation sites is 1. The second-order valence-electron chi connectivity index (χ2n) is 7.18. The van der Waals surface area contributed by atoms with Crippen LogP contribution in [-0.2, 0) is 16.0 Å². The van der Waals surface area contributed by atoms with Crippen LogP contribution < -0.4 is 4.74 Å². The minimum atomic E-state index is -0.271. The minimum absolute atomic E-state index is 0.226. The Morgan fingerprint density at radius 1 is 1.07 bits per heavy atom. The number of benzene rings is 1. The van der Waals surface area contributed by atoms with Crippen molar-refractivity contribution in [3.63, 3.8) is 0 Å². The summed E-state index contributed by atoms with van der Waals surface area (Å²) in [6.45, 7) is 6.94. The highest BCUT2D eigenvalue weighted by Gasteiger charge is 2.43. The maximum absolute atomic E-state index is 13.3. The van der Waals surface area contributed by atoms with Crippen LogP contribution >= 0.6 is 0 Å². The first kappa shape index (κ1) is 20.6. The maximum atomic E-state index is 13.3. The fourth-order valence-corrected chi connectivity index (χ4v) is 3.63. The quantitative estimate of drug-likeness (QED) is 0.645. The number of imide groups is 1. The zero-order chi connectivity index (χ0) is 21.0. The first-order valence-electron chi connectivity index (χ1n) is 9.89. The smallest absolute Gasteiger partial charge is 0.278 e. The van der Waals surface area contributed by atoms with E-state index in [4.69, 9.17) is 4.74 Å². The molecule has 2 aromatic rings. The Labute approximate surface area is 171 Å². The normalized spacial score (nSPS) is 14.2. The fraction of sp³-hybridized carbons (Fsp3) is 0.348. The number of aromatic nitrogens is 1. The highest BCUT2D eigenvalue weighted by molar-refractivity contribution is 6.36. The van der Waals surface area contributed by atoms with Gasteiger partial charge in [0.05, 0.1) is 12.7 Å². The van der Waals surface area contributed by atoms with Gasteiger partial charge in [0.1, 0.15) is 11.4 Å². The molecule has 2 heterocycles. The highest BCUT2D eigenvalue weighted by atomic mass is 16.5. The van der Waals surface area contributed by atoms with Gasteiger partial charge >= 0.3 is 0 Å². The standard InChI is InChI=1S/C23H27N3O3/c1-5-25(15-12-17-10-13-24-14-11-17)21-20(18-8-6-7-9-19(18)29-4)22(27)26(16(2)3)23(21)28/h6-11,13-14,16H,5,12,15H2,1-4H3. The van der Waals surface area contributed by atoms with Gasteiger partial charge in [-0.15, -0.1) is 0 Å². The number of rotatable bonds is 8. The number of methoxy groups -OCH3 is 1. The lowest BCUT2D eigenvalue weighted by Gasteiger charge is -2.25. The van der Waals surface area contributed by atoms with Crippen LogP contribution in [0.3, 0.4) is 0 Å². The number of pyridine rings is 1. The van der Waals surface area contributed by atoms with Crippen LogP contribution in [0.1, 0.15) is 31.9 Å². The van der Waals surface area contributed by atoms with Crippen molar-refractivity contribution >= 4 is 17.4 Å². The molecular formula is C23H27N3O3. The van der Waals surface area contributed by atoms with Crippen molar-refractivity contribution in [3.05, 3.63) is 65.6 Å². The molecule has 0 atom stereocenters. The summed E-state index contributed by atoms with van der Waals surface area (Å²) in [5.74, 6) is 0.0614. The van der Waals surface area contributed by atoms with Crippen molar-refractivity contribution in [1.82, 2.24) is 14.8 Å². The second kappa shape index (κ2) is 8.90. The summed E-state index contributed by atoms with van der Waals surface area (Å²) in [6.07, 6.45) is 4.27. The molecular weight excluding hydrogens is 366 g/mol. The number of carbonyl (C=O) groups excluding carboxylic acids is 2. The molecule has 1 aliphatic rings. The molecule has 6 heteroatoms. The lowest BCUT2D eigenvalue weighted by atomic mass is 10.0. The summed E-state index contributed by atoms with van der Waals surface area (Å²) in [5.41, 5.74) is 2.65. The topological polar surface area (TPSA) is 62.7 Å². The molecule has 0 unspecified atom stereocenters. The summed E-state index contributed by atoms with van der Waals surface area (Å²) in [4.78, 5) is 34.0. The third-order valence-electron chi connectivity index (χ3n) is 5.10. The molecule has 0 N–H and O–H groups in total. The maximum Gasteiger partial charge on any atom is 0.278 e. The fourth-order valence-electron chi connectivity index (χ4n) is 3.63. The minimum Gasteiger partial charge on any atom is -0.496 e. The van der Waals surface area contributed by atoms with E-state index in [0.29, 0.717) is 35.7 Å². The van der Waals surface area contributed by atoms with Gasteiger partial charge in [-0.1, -0.05) is 18.2 Å². The van der Waals surface area contributed by atoms with Crippen LogP contribution in [0.25, 0.3) is 5.57 Å². The zero-order valence-electron chi connectivity index (χ0n) is 17.4. The van der Waals surface area contributed by atoms with E-state index in [1.807, 2.05) is 62.1 Å². The van der Waals surface area contributed by atoms with Crippen LogP contribution in [0.4, 0.5) is 0 Å². The molecule has 29 heavy (non-hydrogen) atoms. The van der Waals surface area contributed by atoms with Gasteiger partial charge in [-0.3, -0.25) is 19.5 Å². The molecule has 0 aliphatic carbocycles. The first-order valence-corrected chi connectivity index (χ1v) is 9.89. The van der Waals surface area contributed by atoms with Crippen LogP contribution in [0.15, 0.2) is 54.5 Å². The lowest BCUT2D eigenvalue weighted by Crippen LogP contribution is -2.40. The average Bonchev–Trinajstić information content (AvgIpc) is 2.99. The lowest BCUT2D eigenvalue weighted by molar-refractivity contribution is -0.139. The number of hydrogen-bond donors (Lipinski definition) is 0. The molecule has 1 aromatic carbocycles. The van der Waals surface area contributed by atoms with Gasteiger partial charge in [0, 0.05) is 37.1 Å². The SMILES string of the molecule is CCN(CCc1ccncc1)C1=C(c2ccccc2OC)C(=O)N(C(C)C)C1=O. The van der Waals surface area contributed by atoms with E-state index >= 15 is 0 Å². The molecule has 1 aliphatic heterocycles. The van der Waals surface area contributed by atoms with Crippen LogP contribution in [0.5, 0.6) is 5.75 Å². The Kier molecular flexibility index (Phi) is 6.32. The van der Waals surface area contributed by atoms with E-state index < -0.39 is 0 Å². The summed E-state index contributed by atoms with van der Waals surface area (Å²) in [5, 5.41) is 0. The van der Waals surface area contributed by atoms with Gasteiger partial charge in [-0.2, -0.15) is 0 Å². The summed E-state index contributed by atoms with van der Waals surface area (Å²) >= 11 is 0. The zero-order valence-corrected chi connectivity index (χ0v) is 17.4. The second-order valence-corrected chi connectivity index (χ2v) is 7.18. The van der Waals surface area contributed by atoms with Crippen molar-refractivity contribution in [1.29, 1.82) is 0 Å². The first-order chi connectivity index (χ1) is 14.0. The van der Waals surface area contributed by atoms with Crippen molar-refractivity contribution in [2.45, 2.75) is 33.2 Å². The Bertz CT molecular complexity index is 922. The molecule has 6 nitrogen and oxygen atoms in total.